The molecule has 0 unspecified atom stereocenters. The van der Waals surface area contributed by atoms with E-state index in [1.807, 2.05) is 0 Å². The van der Waals surface area contributed by atoms with Crippen LogP contribution in [0, 0.1) is 19.7 Å². The number of aryl methyl sites for hydroxylation is 2. The Morgan fingerprint density at radius 3 is 2.41 bits per heavy atom. The summed E-state index contributed by atoms with van der Waals surface area (Å²) in [6.45, 7) is 4.98. The first-order chi connectivity index (χ1) is 15.3. The number of anilines is 3. The lowest BCUT2D eigenvalue weighted by atomic mass is 10.2. The minimum absolute atomic E-state index is 0.161. The summed E-state index contributed by atoms with van der Waals surface area (Å²) in [5.41, 5.74) is 1.85. The number of esters is 1. The maximum absolute atomic E-state index is 13.6. The van der Waals surface area contributed by atoms with Crippen LogP contribution in [-0.2, 0) is 16.1 Å². The minimum Gasteiger partial charge on any atom is -0.462 e. The van der Waals surface area contributed by atoms with Crippen LogP contribution in [-0.4, -0.2) is 28.0 Å². The van der Waals surface area contributed by atoms with E-state index >= 15 is 0 Å². The van der Waals surface area contributed by atoms with Crippen LogP contribution < -0.4 is 16.2 Å². The molecule has 0 aliphatic heterocycles. The number of nitrogens with one attached hydrogen (secondary N) is 2. The van der Waals surface area contributed by atoms with E-state index in [1.54, 1.807) is 39.0 Å². The van der Waals surface area contributed by atoms with Crippen molar-refractivity contribution in [2.75, 3.05) is 17.2 Å². The molecule has 8 nitrogen and oxygen atoms in total. The summed E-state index contributed by atoms with van der Waals surface area (Å²) in [5, 5.41) is 5.66. The predicted molar refractivity (Wildman–Crippen MR) is 119 cm³/mol. The highest BCUT2D eigenvalue weighted by Gasteiger charge is 2.13. The summed E-state index contributed by atoms with van der Waals surface area (Å²) in [6.07, 6.45) is 0. The average Bonchev–Trinajstić information content (AvgIpc) is 2.74. The number of benzene rings is 2. The Hall–Kier alpha value is -4.01. The first kappa shape index (κ1) is 22.7. The second-order valence-corrected chi connectivity index (χ2v) is 7.08. The lowest BCUT2D eigenvalue weighted by molar-refractivity contribution is -0.116. The fourth-order valence-electron chi connectivity index (χ4n) is 2.97. The molecule has 0 saturated carbocycles. The number of halogens is 1. The van der Waals surface area contributed by atoms with E-state index < -0.39 is 17.4 Å². The van der Waals surface area contributed by atoms with Crippen LogP contribution in [0.5, 0.6) is 0 Å². The molecule has 1 heterocycles. The monoisotopic (exact) mass is 438 g/mol. The van der Waals surface area contributed by atoms with Crippen molar-refractivity contribution in [2.24, 2.45) is 0 Å². The van der Waals surface area contributed by atoms with Crippen molar-refractivity contribution in [3.8, 4) is 0 Å². The Labute approximate surface area is 184 Å². The number of rotatable bonds is 7. The van der Waals surface area contributed by atoms with E-state index in [2.05, 4.69) is 15.6 Å². The zero-order chi connectivity index (χ0) is 23.3. The van der Waals surface area contributed by atoms with Crippen LogP contribution in [0.3, 0.4) is 0 Å². The van der Waals surface area contributed by atoms with Crippen molar-refractivity contribution in [1.82, 2.24) is 9.55 Å². The number of hydrogen-bond donors (Lipinski definition) is 2. The molecule has 2 N–H and O–H groups in total. The van der Waals surface area contributed by atoms with Gasteiger partial charge in [-0.25, -0.2) is 14.2 Å². The first-order valence-electron chi connectivity index (χ1n) is 9.95. The Bertz CT molecular complexity index is 1210. The fourth-order valence-corrected chi connectivity index (χ4v) is 2.97. The van der Waals surface area contributed by atoms with Gasteiger partial charge < -0.3 is 15.4 Å². The van der Waals surface area contributed by atoms with Gasteiger partial charge in [-0.2, -0.15) is 0 Å². The minimum atomic E-state index is -0.458. The molecule has 3 aromatic rings. The van der Waals surface area contributed by atoms with E-state index in [1.165, 1.54) is 34.9 Å². The molecular weight excluding hydrogens is 415 g/mol. The van der Waals surface area contributed by atoms with E-state index in [0.717, 1.165) is 0 Å². The molecule has 166 valence electrons. The molecule has 0 atom stereocenters. The zero-order valence-electron chi connectivity index (χ0n) is 17.9. The quantitative estimate of drug-likeness (QED) is 0.547. The average molecular weight is 438 g/mol. The third-order valence-corrected chi connectivity index (χ3v) is 4.53. The largest absolute Gasteiger partial charge is 0.462 e. The topological polar surface area (TPSA) is 102 Å². The molecule has 0 spiro atoms. The number of ether oxygens (including phenoxy) is 1. The van der Waals surface area contributed by atoms with Crippen LogP contribution in [0.4, 0.5) is 21.7 Å². The summed E-state index contributed by atoms with van der Waals surface area (Å²) in [6, 6.07) is 12.0. The Morgan fingerprint density at radius 2 is 1.75 bits per heavy atom. The van der Waals surface area contributed by atoms with Crippen molar-refractivity contribution in [1.29, 1.82) is 0 Å². The van der Waals surface area contributed by atoms with Crippen LogP contribution in [0.1, 0.15) is 28.5 Å². The van der Waals surface area contributed by atoms with Crippen LogP contribution >= 0.6 is 0 Å². The van der Waals surface area contributed by atoms with Gasteiger partial charge in [0.25, 0.3) is 5.56 Å². The maximum Gasteiger partial charge on any atom is 0.338 e. The predicted octanol–water partition coefficient (Wildman–Crippen LogP) is 3.56. The third-order valence-electron chi connectivity index (χ3n) is 4.53. The van der Waals surface area contributed by atoms with Crippen molar-refractivity contribution >= 4 is 29.2 Å². The van der Waals surface area contributed by atoms with Gasteiger partial charge in [-0.1, -0.05) is 0 Å². The molecule has 0 fully saturated rings. The van der Waals surface area contributed by atoms with Gasteiger partial charge >= 0.3 is 5.97 Å². The fraction of sp³-hybridized carbons (Fsp3) is 0.217. The van der Waals surface area contributed by atoms with Gasteiger partial charge in [0.2, 0.25) is 11.9 Å². The van der Waals surface area contributed by atoms with E-state index in [-0.39, 0.29) is 24.9 Å². The Kier molecular flexibility index (Phi) is 6.99. The lowest BCUT2D eigenvalue weighted by Crippen LogP contribution is -2.30. The zero-order valence-corrected chi connectivity index (χ0v) is 17.9. The Balaban J connectivity index is 1.77. The molecule has 32 heavy (non-hydrogen) atoms. The number of carbonyl (C=O) groups is 2. The lowest BCUT2D eigenvalue weighted by Gasteiger charge is -2.15. The van der Waals surface area contributed by atoms with Crippen molar-refractivity contribution in [3.63, 3.8) is 0 Å². The number of nitrogens with zero attached hydrogens (tertiary/aromatic N) is 2. The molecule has 0 aliphatic carbocycles. The van der Waals surface area contributed by atoms with E-state index in [9.17, 15) is 18.8 Å². The molecule has 0 radical (unpaired) electrons. The highest BCUT2D eigenvalue weighted by atomic mass is 19.1. The number of carbonyl (C=O) groups excluding carboxylic acids is 2. The number of amides is 1. The van der Waals surface area contributed by atoms with Crippen LogP contribution in [0.15, 0.2) is 53.3 Å². The molecule has 0 bridgehead atoms. The molecule has 1 amide bonds. The maximum atomic E-state index is 13.6. The number of hydrogen-bond acceptors (Lipinski definition) is 6. The normalized spacial score (nSPS) is 10.5. The van der Waals surface area contributed by atoms with Gasteiger partial charge in [-0.3, -0.25) is 14.2 Å². The summed E-state index contributed by atoms with van der Waals surface area (Å²) in [4.78, 5) is 41.2. The van der Waals surface area contributed by atoms with Crippen LogP contribution in [0.2, 0.25) is 0 Å². The van der Waals surface area contributed by atoms with Crippen molar-refractivity contribution < 1.29 is 18.7 Å². The van der Waals surface area contributed by atoms with Gasteiger partial charge in [0, 0.05) is 23.1 Å². The molecule has 3 rings (SSSR count). The van der Waals surface area contributed by atoms with Crippen molar-refractivity contribution in [3.05, 3.63) is 81.5 Å². The van der Waals surface area contributed by atoms with Gasteiger partial charge in [-0.15, -0.1) is 0 Å². The summed E-state index contributed by atoms with van der Waals surface area (Å²) < 4.78 is 19.7. The van der Waals surface area contributed by atoms with Crippen molar-refractivity contribution in [2.45, 2.75) is 27.3 Å². The summed E-state index contributed by atoms with van der Waals surface area (Å²) in [7, 11) is 0. The summed E-state index contributed by atoms with van der Waals surface area (Å²) >= 11 is 0. The molecular formula is C23H23FN4O4. The number of aromatic nitrogens is 2. The van der Waals surface area contributed by atoms with Crippen LogP contribution in [0.25, 0.3) is 0 Å². The van der Waals surface area contributed by atoms with Gasteiger partial charge in [0.05, 0.1) is 12.2 Å². The highest BCUT2D eigenvalue weighted by molar-refractivity contribution is 5.93. The van der Waals surface area contributed by atoms with Gasteiger partial charge in [0.1, 0.15) is 12.4 Å². The van der Waals surface area contributed by atoms with E-state index in [0.29, 0.717) is 28.2 Å². The second kappa shape index (κ2) is 9.86. The standard InChI is InChI=1S/C23H23FN4O4/c1-4-32-22(31)16-5-7-17(8-6-16)26-20(29)13-28-21(30)12-15(3)25-23(28)27-18-9-10-19(24)14(2)11-18/h5-12H,4,13H2,1-3H3,(H,25,27)(H,26,29). The van der Waals surface area contributed by atoms with E-state index in [4.69, 9.17) is 4.74 Å². The molecule has 1 aromatic heterocycles. The first-order valence-corrected chi connectivity index (χ1v) is 9.95. The molecule has 0 saturated heterocycles. The molecule has 2 aromatic carbocycles. The van der Waals surface area contributed by atoms with Gasteiger partial charge in [0.15, 0.2) is 0 Å². The molecule has 9 heteroatoms. The smallest absolute Gasteiger partial charge is 0.338 e. The van der Waals surface area contributed by atoms with Gasteiger partial charge in [-0.05, 0) is 68.8 Å². The Morgan fingerprint density at radius 1 is 1.06 bits per heavy atom. The second-order valence-electron chi connectivity index (χ2n) is 7.08. The third kappa shape index (κ3) is 5.57. The summed E-state index contributed by atoms with van der Waals surface area (Å²) in [5.74, 6) is -1.10. The highest BCUT2D eigenvalue weighted by Crippen LogP contribution is 2.18. The SMILES string of the molecule is CCOC(=O)c1ccc(NC(=O)Cn2c(Nc3ccc(F)c(C)c3)nc(C)cc2=O)cc1. The molecule has 0 aliphatic rings.